The van der Waals surface area contributed by atoms with Crippen molar-refractivity contribution in [3.05, 3.63) is 53.9 Å². The normalized spacial score (nSPS) is 11.1. The minimum absolute atomic E-state index is 0.184. The summed E-state index contributed by atoms with van der Waals surface area (Å²) in [5.74, 6) is 0.184. The molecule has 1 aromatic carbocycles. The summed E-state index contributed by atoms with van der Waals surface area (Å²) in [6.07, 6.45) is 2.62. The van der Waals surface area contributed by atoms with Crippen LogP contribution in [0.5, 0.6) is 5.75 Å². The summed E-state index contributed by atoms with van der Waals surface area (Å²) in [6, 6.07) is 11.7. The molecule has 0 fully saturated rings. The maximum Gasteiger partial charge on any atom is 0.180 e. The van der Waals surface area contributed by atoms with Crippen LogP contribution in [0.4, 0.5) is 0 Å². The first-order chi connectivity index (χ1) is 9.70. The van der Waals surface area contributed by atoms with E-state index in [0.29, 0.717) is 18.6 Å². The fourth-order valence-electron chi connectivity index (χ4n) is 2.42. The predicted octanol–water partition coefficient (Wildman–Crippen LogP) is 2.52. The quantitative estimate of drug-likeness (QED) is 0.766. The molecule has 3 rings (SSSR count). The predicted molar refractivity (Wildman–Crippen MR) is 79.8 cm³/mol. The van der Waals surface area contributed by atoms with Crippen molar-refractivity contribution in [1.82, 2.24) is 9.38 Å². The van der Waals surface area contributed by atoms with Crippen LogP contribution in [0.2, 0.25) is 0 Å². The molecule has 2 aromatic heterocycles. The third-order valence-corrected chi connectivity index (χ3v) is 3.43. The summed E-state index contributed by atoms with van der Waals surface area (Å²) in [5, 5.41) is 9.95. The van der Waals surface area contributed by atoms with E-state index in [2.05, 4.69) is 24.0 Å². The Bertz CT molecular complexity index is 744. The van der Waals surface area contributed by atoms with Crippen LogP contribution in [0.3, 0.4) is 0 Å². The molecule has 0 spiro atoms. The number of aromatic nitrogens is 2. The van der Waals surface area contributed by atoms with Crippen molar-refractivity contribution in [1.29, 1.82) is 0 Å². The van der Waals surface area contributed by atoms with Gasteiger partial charge in [0.15, 0.2) is 11.4 Å². The first-order valence-corrected chi connectivity index (χ1v) is 6.66. The van der Waals surface area contributed by atoms with Gasteiger partial charge in [-0.1, -0.05) is 29.8 Å². The number of benzene rings is 1. The molecule has 20 heavy (non-hydrogen) atoms. The lowest BCUT2D eigenvalue weighted by molar-refractivity contribution is 0.477. The highest BCUT2D eigenvalue weighted by Gasteiger charge is 2.15. The lowest BCUT2D eigenvalue weighted by atomic mass is 10.1. The summed E-state index contributed by atoms with van der Waals surface area (Å²) in [5.41, 5.74) is 10.5. The Morgan fingerprint density at radius 1 is 1.20 bits per heavy atom. The molecule has 4 nitrogen and oxygen atoms in total. The minimum atomic E-state index is 0.184. The number of imidazole rings is 1. The van der Waals surface area contributed by atoms with Crippen LogP contribution in [-0.2, 0) is 6.42 Å². The number of rotatable bonds is 3. The summed E-state index contributed by atoms with van der Waals surface area (Å²) < 4.78 is 1.91. The van der Waals surface area contributed by atoms with E-state index < -0.39 is 0 Å². The molecule has 0 radical (unpaired) electrons. The fourth-order valence-corrected chi connectivity index (χ4v) is 2.42. The molecule has 0 atom stereocenters. The van der Waals surface area contributed by atoms with Gasteiger partial charge in [0.2, 0.25) is 0 Å². The summed E-state index contributed by atoms with van der Waals surface area (Å²) >= 11 is 0. The Labute approximate surface area is 117 Å². The van der Waals surface area contributed by atoms with Crippen molar-refractivity contribution in [3.8, 4) is 17.0 Å². The average molecular weight is 267 g/mol. The van der Waals surface area contributed by atoms with E-state index in [-0.39, 0.29) is 5.75 Å². The zero-order valence-electron chi connectivity index (χ0n) is 11.4. The van der Waals surface area contributed by atoms with Crippen molar-refractivity contribution in [2.24, 2.45) is 5.73 Å². The van der Waals surface area contributed by atoms with E-state index in [4.69, 9.17) is 5.73 Å². The Morgan fingerprint density at radius 2 is 1.95 bits per heavy atom. The van der Waals surface area contributed by atoms with E-state index in [1.165, 1.54) is 5.56 Å². The van der Waals surface area contributed by atoms with Gasteiger partial charge in [0.25, 0.3) is 0 Å². The van der Waals surface area contributed by atoms with Gasteiger partial charge >= 0.3 is 0 Å². The van der Waals surface area contributed by atoms with Gasteiger partial charge in [-0.25, -0.2) is 4.98 Å². The molecular weight excluding hydrogens is 250 g/mol. The number of hydrogen-bond donors (Lipinski definition) is 2. The molecule has 2 heterocycles. The van der Waals surface area contributed by atoms with E-state index >= 15 is 0 Å². The Morgan fingerprint density at radius 3 is 2.65 bits per heavy atom. The van der Waals surface area contributed by atoms with E-state index in [9.17, 15) is 5.11 Å². The third kappa shape index (κ3) is 2.04. The van der Waals surface area contributed by atoms with Crippen LogP contribution in [0.25, 0.3) is 16.9 Å². The topological polar surface area (TPSA) is 63.5 Å². The number of fused-ring (bicyclic) bond motifs is 1. The van der Waals surface area contributed by atoms with Gasteiger partial charge in [-0.15, -0.1) is 0 Å². The zero-order chi connectivity index (χ0) is 14.1. The van der Waals surface area contributed by atoms with Gasteiger partial charge in [-0.3, -0.25) is 0 Å². The monoisotopic (exact) mass is 267 g/mol. The van der Waals surface area contributed by atoms with Gasteiger partial charge in [-0.2, -0.15) is 0 Å². The smallest absolute Gasteiger partial charge is 0.180 e. The number of hydrogen-bond acceptors (Lipinski definition) is 3. The van der Waals surface area contributed by atoms with E-state index in [1.807, 2.05) is 28.8 Å². The second-order valence-electron chi connectivity index (χ2n) is 4.90. The fraction of sp³-hybridized carbons (Fsp3) is 0.188. The first-order valence-electron chi connectivity index (χ1n) is 6.66. The number of pyridine rings is 1. The van der Waals surface area contributed by atoms with Crippen molar-refractivity contribution >= 4 is 5.65 Å². The molecule has 3 N–H and O–H groups in total. The first kappa shape index (κ1) is 12.7. The van der Waals surface area contributed by atoms with Gasteiger partial charge < -0.3 is 15.2 Å². The van der Waals surface area contributed by atoms with Gasteiger partial charge in [-0.05, 0) is 25.6 Å². The molecule has 0 aliphatic heterocycles. The lowest BCUT2D eigenvalue weighted by Crippen LogP contribution is -2.06. The zero-order valence-corrected chi connectivity index (χ0v) is 11.4. The standard InChI is InChI=1S/C16H17N3O/c1-11-4-6-12(7-5-11)15-13(8-9-17)19-10-2-3-14(20)16(19)18-15/h2-7,10,20H,8-9,17H2,1H3. The van der Waals surface area contributed by atoms with Crippen molar-refractivity contribution in [2.45, 2.75) is 13.3 Å². The Kier molecular flexibility index (Phi) is 3.16. The number of nitrogens with two attached hydrogens (primary N) is 1. The SMILES string of the molecule is Cc1ccc(-c2nc3c(O)cccn3c2CCN)cc1. The van der Waals surface area contributed by atoms with Crippen LogP contribution in [0.1, 0.15) is 11.3 Å². The summed E-state index contributed by atoms with van der Waals surface area (Å²) in [4.78, 5) is 4.59. The van der Waals surface area contributed by atoms with Crippen LogP contribution in [-0.4, -0.2) is 21.0 Å². The van der Waals surface area contributed by atoms with Crippen LogP contribution in [0.15, 0.2) is 42.6 Å². The van der Waals surface area contributed by atoms with E-state index in [1.54, 1.807) is 6.07 Å². The molecule has 3 aromatic rings. The molecule has 0 aliphatic carbocycles. The highest BCUT2D eigenvalue weighted by atomic mass is 16.3. The van der Waals surface area contributed by atoms with Crippen LogP contribution >= 0.6 is 0 Å². The molecule has 4 heteroatoms. The Balaban J connectivity index is 2.26. The molecule has 0 amide bonds. The average Bonchev–Trinajstić information content (AvgIpc) is 2.81. The molecule has 0 aliphatic rings. The minimum Gasteiger partial charge on any atom is -0.504 e. The maximum absolute atomic E-state index is 9.95. The van der Waals surface area contributed by atoms with Crippen LogP contribution in [0, 0.1) is 6.92 Å². The lowest BCUT2D eigenvalue weighted by Gasteiger charge is -2.04. The van der Waals surface area contributed by atoms with Gasteiger partial charge in [0.1, 0.15) is 0 Å². The van der Waals surface area contributed by atoms with Crippen LogP contribution < -0.4 is 5.73 Å². The summed E-state index contributed by atoms with van der Waals surface area (Å²) in [6.45, 7) is 2.60. The summed E-state index contributed by atoms with van der Waals surface area (Å²) in [7, 11) is 0. The van der Waals surface area contributed by atoms with Gasteiger partial charge in [0.05, 0.1) is 11.4 Å². The van der Waals surface area contributed by atoms with Crippen molar-refractivity contribution < 1.29 is 5.11 Å². The number of aromatic hydroxyl groups is 1. The third-order valence-electron chi connectivity index (χ3n) is 3.43. The highest BCUT2D eigenvalue weighted by molar-refractivity contribution is 5.69. The molecular formula is C16H17N3O. The highest BCUT2D eigenvalue weighted by Crippen LogP contribution is 2.28. The second kappa shape index (κ2) is 4.98. The molecule has 0 unspecified atom stereocenters. The van der Waals surface area contributed by atoms with Gasteiger partial charge in [0, 0.05) is 18.2 Å². The Hall–Kier alpha value is -2.33. The molecule has 0 saturated heterocycles. The van der Waals surface area contributed by atoms with Crippen molar-refractivity contribution in [3.63, 3.8) is 0 Å². The molecule has 102 valence electrons. The number of nitrogens with zero attached hydrogens (tertiary/aromatic N) is 2. The van der Waals surface area contributed by atoms with E-state index in [0.717, 1.165) is 17.0 Å². The number of aryl methyl sites for hydroxylation is 1. The molecule has 0 saturated carbocycles. The second-order valence-corrected chi connectivity index (χ2v) is 4.90. The largest absolute Gasteiger partial charge is 0.504 e. The molecule has 0 bridgehead atoms. The maximum atomic E-state index is 9.95. The van der Waals surface area contributed by atoms with Crippen molar-refractivity contribution in [2.75, 3.05) is 6.54 Å².